The minimum absolute atomic E-state index is 0.308. The van der Waals surface area contributed by atoms with Crippen LogP contribution in [0.4, 0.5) is 5.69 Å². The smallest absolute Gasteiger partial charge is 0.118 e. The number of benzene rings is 1. The molecule has 1 saturated carbocycles. The summed E-state index contributed by atoms with van der Waals surface area (Å²) in [5.74, 6) is 2.52. The number of aliphatic imine (C=N–C) groups is 1. The minimum Gasteiger partial charge on any atom is -0.332 e. The van der Waals surface area contributed by atoms with Gasteiger partial charge in [-0.1, -0.05) is 69.7 Å². The average molecular weight is 444 g/mol. The summed E-state index contributed by atoms with van der Waals surface area (Å²) in [6, 6.07) is 7.01. The van der Waals surface area contributed by atoms with Crippen LogP contribution in [-0.4, -0.2) is 36.4 Å². The van der Waals surface area contributed by atoms with Gasteiger partial charge < -0.3 is 4.90 Å². The number of rotatable bonds is 7. The van der Waals surface area contributed by atoms with Crippen LogP contribution < -0.4 is 4.90 Å². The van der Waals surface area contributed by atoms with Crippen molar-refractivity contribution in [2.75, 3.05) is 18.5 Å². The molecule has 2 unspecified atom stereocenters. The zero-order valence-electron chi connectivity index (χ0n) is 20.3. The SMILES string of the molecule is CCC(N=C1CN(C(C)C)Cc2cc(Cl)ccc2N1C)C(C)/C=C\CC1CCCCC1. The highest BCUT2D eigenvalue weighted by Crippen LogP contribution is 2.30. The van der Waals surface area contributed by atoms with E-state index in [1.807, 2.05) is 6.07 Å². The van der Waals surface area contributed by atoms with Crippen LogP contribution >= 0.6 is 11.6 Å². The summed E-state index contributed by atoms with van der Waals surface area (Å²) < 4.78 is 0. The molecule has 0 radical (unpaired) electrons. The molecular weight excluding hydrogens is 402 g/mol. The van der Waals surface area contributed by atoms with Gasteiger partial charge in [-0.25, -0.2) is 0 Å². The highest BCUT2D eigenvalue weighted by molar-refractivity contribution is 6.30. The largest absolute Gasteiger partial charge is 0.332 e. The Morgan fingerprint density at radius 1 is 1.13 bits per heavy atom. The van der Waals surface area contributed by atoms with Crippen LogP contribution in [0.25, 0.3) is 0 Å². The van der Waals surface area contributed by atoms with Crippen molar-refractivity contribution < 1.29 is 0 Å². The molecule has 2 aliphatic rings. The van der Waals surface area contributed by atoms with E-state index < -0.39 is 0 Å². The number of fused-ring (bicyclic) bond motifs is 1. The van der Waals surface area contributed by atoms with Crippen LogP contribution in [0.15, 0.2) is 35.3 Å². The first-order chi connectivity index (χ1) is 14.9. The van der Waals surface area contributed by atoms with Crippen LogP contribution in [0.2, 0.25) is 5.02 Å². The van der Waals surface area contributed by atoms with Gasteiger partial charge in [-0.05, 0) is 62.3 Å². The van der Waals surface area contributed by atoms with Crippen molar-refractivity contribution in [3.8, 4) is 0 Å². The van der Waals surface area contributed by atoms with Crippen molar-refractivity contribution in [2.24, 2.45) is 16.8 Å². The Balaban J connectivity index is 1.77. The third-order valence-electron chi connectivity index (χ3n) is 7.21. The van der Waals surface area contributed by atoms with E-state index in [0.29, 0.717) is 18.0 Å². The van der Waals surface area contributed by atoms with Crippen LogP contribution in [0.1, 0.15) is 78.2 Å². The quantitative estimate of drug-likeness (QED) is 0.410. The normalized spacial score (nSPS) is 22.2. The Morgan fingerprint density at radius 3 is 2.55 bits per heavy atom. The van der Waals surface area contributed by atoms with Crippen LogP contribution in [0.5, 0.6) is 0 Å². The van der Waals surface area contributed by atoms with Gasteiger partial charge in [0, 0.05) is 30.3 Å². The van der Waals surface area contributed by atoms with E-state index in [1.165, 1.54) is 49.8 Å². The van der Waals surface area contributed by atoms with Crippen molar-refractivity contribution in [2.45, 2.75) is 91.3 Å². The molecule has 1 aliphatic carbocycles. The third-order valence-corrected chi connectivity index (χ3v) is 7.45. The van der Waals surface area contributed by atoms with Gasteiger partial charge >= 0.3 is 0 Å². The molecule has 0 saturated heterocycles. The predicted molar refractivity (Wildman–Crippen MR) is 136 cm³/mol. The summed E-state index contributed by atoms with van der Waals surface area (Å²) in [7, 11) is 2.16. The van der Waals surface area contributed by atoms with Crippen molar-refractivity contribution in [3.63, 3.8) is 0 Å². The van der Waals surface area contributed by atoms with Crippen LogP contribution in [0, 0.1) is 11.8 Å². The Bertz CT molecular complexity index is 764. The summed E-state index contributed by atoms with van der Waals surface area (Å²) in [6.45, 7) is 10.9. The van der Waals surface area contributed by atoms with Crippen LogP contribution in [-0.2, 0) is 6.54 Å². The van der Waals surface area contributed by atoms with E-state index in [-0.39, 0.29) is 0 Å². The molecule has 1 heterocycles. The van der Waals surface area contributed by atoms with E-state index >= 15 is 0 Å². The lowest BCUT2D eigenvalue weighted by Crippen LogP contribution is -2.39. The number of hydrogen-bond acceptors (Lipinski definition) is 2. The number of likely N-dealkylation sites (N-methyl/N-ethyl adjacent to an activating group) is 1. The van der Waals surface area contributed by atoms with E-state index in [0.717, 1.165) is 36.3 Å². The Labute approximate surface area is 195 Å². The zero-order valence-corrected chi connectivity index (χ0v) is 21.0. The van der Waals surface area contributed by atoms with Gasteiger partial charge in [-0.15, -0.1) is 0 Å². The van der Waals surface area contributed by atoms with E-state index in [2.05, 4.69) is 68.8 Å². The number of amidine groups is 1. The first kappa shape index (κ1) is 24.3. The lowest BCUT2D eigenvalue weighted by atomic mass is 9.86. The highest BCUT2D eigenvalue weighted by Gasteiger charge is 2.25. The number of anilines is 1. The second-order valence-corrected chi connectivity index (χ2v) is 10.3. The molecule has 3 nitrogen and oxygen atoms in total. The molecule has 0 spiro atoms. The van der Waals surface area contributed by atoms with E-state index in [9.17, 15) is 0 Å². The molecule has 2 atom stereocenters. The second-order valence-electron chi connectivity index (χ2n) is 9.88. The number of hydrogen-bond donors (Lipinski definition) is 0. The summed E-state index contributed by atoms with van der Waals surface area (Å²) in [4.78, 5) is 10.1. The molecule has 0 amide bonds. The molecule has 31 heavy (non-hydrogen) atoms. The van der Waals surface area contributed by atoms with Gasteiger partial charge in [0.25, 0.3) is 0 Å². The van der Waals surface area contributed by atoms with Gasteiger partial charge in [0.15, 0.2) is 0 Å². The molecule has 1 aromatic rings. The predicted octanol–water partition coefficient (Wildman–Crippen LogP) is 7.34. The maximum absolute atomic E-state index is 6.32. The molecule has 3 rings (SSSR count). The summed E-state index contributed by atoms with van der Waals surface area (Å²) in [5, 5.41) is 0.805. The van der Waals surface area contributed by atoms with Gasteiger partial charge in [0.2, 0.25) is 0 Å². The van der Waals surface area contributed by atoms with Crippen molar-refractivity contribution in [3.05, 3.63) is 40.9 Å². The molecule has 4 heteroatoms. The number of allylic oxidation sites excluding steroid dienone is 1. The zero-order chi connectivity index (χ0) is 22.4. The Kier molecular flexibility index (Phi) is 9.04. The first-order valence-electron chi connectivity index (χ1n) is 12.4. The maximum atomic E-state index is 6.32. The molecule has 1 aromatic carbocycles. The van der Waals surface area contributed by atoms with Gasteiger partial charge in [0.05, 0.1) is 12.6 Å². The summed E-state index contributed by atoms with van der Waals surface area (Å²) in [5.41, 5.74) is 2.50. The third kappa shape index (κ3) is 6.58. The summed E-state index contributed by atoms with van der Waals surface area (Å²) >= 11 is 6.32. The summed E-state index contributed by atoms with van der Waals surface area (Å²) in [6.07, 6.45) is 14.3. The van der Waals surface area contributed by atoms with Crippen molar-refractivity contribution in [1.82, 2.24) is 4.90 Å². The molecule has 1 aliphatic heterocycles. The number of halogens is 1. The fourth-order valence-electron chi connectivity index (χ4n) is 5.01. The first-order valence-corrected chi connectivity index (χ1v) is 12.8. The lowest BCUT2D eigenvalue weighted by molar-refractivity contribution is 0.246. The molecule has 0 N–H and O–H groups in total. The molecule has 172 valence electrons. The fraction of sp³-hybridized carbons (Fsp3) is 0.667. The monoisotopic (exact) mass is 443 g/mol. The van der Waals surface area contributed by atoms with Gasteiger partial charge in [-0.2, -0.15) is 0 Å². The molecule has 1 fully saturated rings. The lowest BCUT2D eigenvalue weighted by Gasteiger charge is -2.27. The standard InChI is InChI=1S/C27H42ClN3/c1-6-25(21(4)11-10-14-22-12-8-7-9-13-22)29-27-19-31(20(2)3)18-23-17-24(28)15-16-26(23)30(27)5/h10-11,15-17,20-22,25H,6-9,12-14,18-19H2,1-5H3/b11-10-,29-27?. The molecule has 0 bridgehead atoms. The minimum atomic E-state index is 0.308. The second kappa shape index (κ2) is 11.5. The van der Waals surface area contributed by atoms with Gasteiger partial charge in [-0.3, -0.25) is 9.89 Å². The van der Waals surface area contributed by atoms with Gasteiger partial charge in [0.1, 0.15) is 5.84 Å². The van der Waals surface area contributed by atoms with E-state index in [1.54, 1.807) is 0 Å². The number of nitrogens with zero attached hydrogens (tertiary/aromatic N) is 3. The average Bonchev–Trinajstić information content (AvgIpc) is 2.89. The van der Waals surface area contributed by atoms with Crippen molar-refractivity contribution in [1.29, 1.82) is 0 Å². The molecular formula is C27H42ClN3. The van der Waals surface area contributed by atoms with Crippen molar-refractivity contribution >= 4 is 23.1 Å². The molecule has 0 aromatic heterocycles. The fourth-order valence-corrected chi connectivity index (χ4v) is 5.21. The van der Waals surface area contributed by atoms with E-state index in [4.69, 9.17) is 16.6 Å². The highest BCUT2D eigenvalue weighted by atomic mass is 35.5. The maximum Gasteiger partial charge on any atom is 0.118 e. The topological polar surface area (TPSA) is 18.8 Å². The Hall–Kier alpha value is -1.32. The Morgan fingerprint density at radius 2 is 1.87 bits per heavy atom. The van der Waals surface area contributed by atoms with Crippen LogP contribution in [0.3, 0.4) is 0 Å².